The Kier molecular flexibility index (Phi) is 4.36. The Hall–Kier alpha value is -3.12. The summed E-state index contributed by atoms with van der Waals surface area (Å²) in [4.78, 5) is 3.83. The number of hydrogen-bond acceptors (Lipinski definition) is 1. The Balaban J connectivity index is 1.80. The van der Waals surface area contributed by atoms with E-state index in [9.17, 15) is 0 Å². The van der Waals surface area contributed by atoms with Gasteiger partial charge >= 0.3 is 0 Å². The van der Waals surface area contributed by atoms with E-state index in [-0.39, 0.29) is 0 Å². The van der Waals surface area contributed by atoms with Gasteiger partial charge in [-0.05, 0) is 55.0 Å². The number of pyridine rings is 1. The van der Waals surface area contributed by atoms with Crippen LogP contribution in [0.2, 0.25) is 0 Å². The summed E-state index contributed by atoms with van der Waals surface area (Å²) in [6.45, 7) is 9.86. The molecule has 2 heterocycles. The van der Waals surface area contributed by atoms with Gasteiger partial charge < -0.3 is 4.42 Å². The van der Waals surface area contributed by atoms with Crippen molar-refractivity contribution in [3.63, 3.8) is 0 Å². The normalized spacial score (nSPS) is 15.1. The SMILES string of the molecule is [C-]#[N+]c1ccc(C2CCCCC2)c2oc3cc(C)c(-c4cccc[n+]4C)cc3c12. The van der Waals surface area contributed by atoms with Gasteiger partial charge in [-0.3, -0.25) is 0 Å². The number of rotatable bonds is 2. The quantitative estimate of drug-likeness (QED) is 0.271. The summed E-state index contributed by atoms with van der Waals surface area (Å²) in [7, 11) is 2.07. The molecule has 4 aromatic rings. The number of hydrogen-bond donors (Lipinski definition) is 0. The molecule has 3 nitrogen and oxygen atoms in total. The third-order valence-corrected chi connectivity index (χ3v) is 6.47. The number of aromatic nitrogens is 1. The molecule has 0 radical (unpaired) electrons. The summed E-state index contributed by atoms with van der Waals surface area (Å²) in [5.74, 6) is 0.541. The molecule has 1 aliphatic rings. The van der Waals surface area contributed by atoms with Crippen LogP contribution < -0.4 is 4.57 Å². The van der Waals surface area contributed by atoms with Crippen molar-refractivity contribution >= 4 is 27.6 Å². The van der Waals surface area contributed by atoms with Crippen molar-refractivity contribution in [2.75, 3.05) is 0 Å². The Labute approximate surface area is 171 Å². The van der Waals surface area contributed by atoms with Crippen LogP contribution in [-0.4, -0.2) is 0 Å². The highest BCUT2D eigenvalue weighted by atomic mass is 16.3. The fourth-order valence-corrected chi connectivity index (χ4v) is 4.94. The molecule has 144 valence electrons. The molecule has 0 amide bonds. The van der Waals surface area contributed by atoms with Gasteiger partial charge in [0.2, 0.25) is 5.69 Å². The van der Waals surface area contributed by atoms with Gasteiger partial charge in [0.1, 0.15) is 18.2 Å². The lowest BCUT2D eigenvalue weighted by molar-refractivity contribution is -0.660. The molecular weight excluding hydrogens is 356 g/mol. The average molecular weight is 381 g/mol. The largest absolute Gasteiger partial charge is 0.457 e. The molecule has 29 heavy (non-hydrogen) atoms. The highest BCUT2D eigenvalue weighted by Gasteiger charge is 2.23. The second-order valence-corrected chi connectivity index (χ2v) is 8.29. The first-order valence-electron chi connectivity index (χ1n) is 10.5. The first-order chi connectivity index (χ1) is 14.2. The number of nitrogens with zero attached hydrogens (tertiary/aromatic N) is 2. The third-order valence-electron chi connectivity index (χ3n) is 6.47. The maximum Gasteiger partial charge on any atom is 0.212 e. The van der Waals surface area contributed by atoms with Gasteiger partial charge in [0.25, 0.3) is 0 Å². The van der Waals surface area contributed by atoms with Crippen molar-refractivity contribution in [2.45, 2.75) is 44.9 Å². The average Bonchev–Trinajstić information content (AvgIpc) is 3.12. The molecule has 1 fully saturated rings. The van der Waals surface area contributed by atoms with E-state index >= 15 is 0 Å². The summed E-state index contributed by atoms with van der Waals surface area (Å²) >= 11 is 0. The molecule has 2 aromatic carbocycles. The standard InChI is InChI=1S/C26H25N2O/c1-17-15-24-21(16-20(17)23-11-7-8-14-28(23)3)25-22(27-2)13-12-19(26(25)29-24)18-9-5-4-6-10-18/h7-8,11-16,18H,4-6,9-10H2,1,3H3/q+1. The van der Waals surface area contributed by atoms with E-state index < -0.39 is 0 Å². The molecule has 0 aliphatic heterocycles. The molecule has 0 unspecified atom stereocenters. The lowest BCUT2D eigenvalue weighted by atomic mass is 9.83. The number of benzene rings is 2. The molecule has 2 aromatic heterocycles. The van der Waals surface area contributed by atoms with Gasteiger partial charge in [0, 0.05) is 28.5 Å². The predicted octanol–water partition coefficient (Wildman–Crippen LogP) is 6.98. The summed E-state index contributed by atoms with van der Waals surface area (Å²) in [6.07, 6.45) is 8.39. The number of fused-ring (bicyclic) bond motifs is 3. The summed E-state index contributed by atoms with van der Waals surface area (Å²) in [5.41, 5.74) is 7.30. The molecular formula is C26H25N2O+. The van der Waals surface area contributed by atoms with E-state index in [1.165, 1.54) is 48.8 Å². The van der Waals surface area contributed by atoms with Gasteiger partial charge in [0.05, 0.1) is 6.57 Å². The van der Waals surface area contributed by atoms with Crippen molar-refractivity contribution in [1.29, 1.82) is 0 Å². The Morgan fingerprint density at radius 1 is 1.07 bits per heavy atom. The van der Waals surface area contributed by atoms with E-state index in [1.54, 1.807) is 0 Å². The van der Waals surface area contributed by atoms with Crippen LogP contribution in [0.5, 0.6) is 0 Å². The molecule has 3 heteroatoms. The van der Waals surface area contributed by atoms with Crippen LogP contribution in [0.4, 0.5) is 5.69 Å². The second kappa shape index (κ2) is 7.04. The van der Waals surface area contributed by atoms with Gasteiger partial charge in [0.15, 0.2) is 11.9 Å². The lowest BCUT2D eigenvalue weighted by Crippen LogP contribution is -2.30. The fourth-order valence-electron chi connectivity index (χ4n) is 4.94. The summed E-state index contributed by atoms with van der Waals surface area (Å²) in [6, 6.07) is 14.7. The van der Waals surface area contributed by atoms with Crippen LogP contribution in [0.3, 0.4) is 0 Å². The highest BCUT2D eigenvalue weighted by Crippen LogP contribution is 2.44. The van der Waals surface area contributed by atoms with Crippen LogP contribution >= 0.6 is 0 Å². The lowest BCUT2D eigenvalue weighted by Gasteiger charge is -2.22. The molecule has 0 bridgehead atoms. The summed E-state index contributed by atoms with van der Waals surface area (Å²) in [5, 5.41) is 2.03. The first-order valence-corrected chi connectivity index (χ1v) is 10.5. The predicted molar refractivity (Wildman–Crippen MR) is 117 cm³/mol. The molecule has 1 aliphatic carbocycles. The minimum Gasteiger partial charge on any atom is -0.457 e. The van der Waals surface area contributed by atoms with Crippen LogP contribution in [0.1, 0.15) is 49.1 Å². The van der Waals surface area contributed by atoms with E-state index in [0.29, 0.717) is 11.6 Å². The van der Waals surface area contributed by atoms with E-state index in [4.69, 9.17) is 11.0 Å². The number of aryl methyl sites for hydroxylation is 2. The molecule has 5 rings (SSSR count). The van der Waals surface area contributed by atoms with Gasteiger partial charge in [-0.15, -0.1) is 0 Å². The molecule has 0 saturated heterocycles. The van der Waals surface area contributed by atoms with Crippen LogP contribution in [0, 0.1) is 13.5 Å². The van der Waals surface area contributed by atoms with Crippen molar-refractivity contribution in [1.82, 2.24) is 0 Å². The smallest absolute Gasteiger partial charge is 0.212 e. The van der Waals surface area contributed by atoms with Gasteiger partial charge in [-0.25, -0.2) is 9.41 Å². The van der Waals surface area contributed by atoms with E-state index in [2.05, 4.69) is 59.9 Å². The van der Waals surface area contributed by atoms with Crippen molar-refractivity contribution in [2.24, 2.45) is 7.05 Å². The molecule has 0 spiro atoms. The van der Waals surface area contributed by atoms with Crippen molar-refractivity contribution in [3.8, 4) is 11.3 Å². The molecule has 0 N–H and O–H groups in total. The minimum atomic E-state index is 0.541. The van der Waals surface area contributed by atoms with Crippen molar-refractivity contribution < 1.29 is 8.98 Å². The van der Waals surface area contributed by atoms with Crippen LogP contribution in [-0.2, 0) is 7.05 Å². The van der Waals surface area contributed by atoms with Gasteiger partial charge in [-0.1, -0.05) is 31.4 Å². The van der Waals surface area contributed by atoms with Crippen molar-refractivity contribution in [3.05, 3.63) is 71.2 Å². The number of furan rings is 1. The highest BCUT2D eigenvalue weighted by molar-refractivity contribution is 6.13. The monoisotopic (exact) mass is 381 g/mol. The zero-order chi connectivity index (χ0) is 20.0. The minimum absolute atomic E-state index is 0.541. The Morgan fingerprint density at radius 3 is 2.66 bits per heavy atom. The van der Waals surface area contributed by atoms with Gasteiger partial charge in [-0.2, -0.15) is 0 Å². The second-order valence-electron chi connectivity index (χ2n) is 8.29. The third kappa shape index (κ3) is 2.91. The first kappa shape index (κ1) is 17.9. The maximum atomic E-state index is 7.73. The zero-order valence-corrected chi connectivity index (χ0v) is 17.0. The van der Waals surface area contributed by atoms with Crippen LogP contribution in [0.15, 0.2) is 53.1 Å². The Morgan fingerprint density at radius 2 is 1.90 bits per heavy atom. The van der Waals surface area contributed by atoms with E-state index in [0.717, 1.165) is 27.6 Å². The topological polar surface area (TPSA) is 21.4 Å². The maximum absolute atomic E-state index is 7.73. The van der Waals surface area contributed by atoms with Crippen LogP contribution in [0.25, 0.3) is 38.0 Å². The molecule has 0 atom stereocenters. The zero-order valence-electron chi connectivity index (χ0n) is 17.0. The fraction of sp³-hybridized carbons (Fsp3) is 0.308. The van der Waals surface area contributed by atoms with E-state index in [1.807, 2.05) is 12.1 Å². The molecule has 1 saturated carbocycles. The Bertz CT molecular complexity index is 1270. The summed E-state index contributed by atoms with van der Waals surface area (Å²) < 4.78 is 8.57.